The van der Waals surface area contributed by atoms with Crippen LogP contribution in [0.5, 0.6) is 0 Å². The molecule has 1 amide bonds. The van der Waals surface area contributed by atoms with Crippen LogP contribution >= 0.6 is 11.8 Å². The second kappa shape index (κ2) is 8.32. The molecule has 0 aromatic rings. The number of rotatable bonds is 7. The third-order valence-electron chi connectivity index (χ3n) is 1.77. The molecule has 0 spiro atoms. The molecular weight excluding hydrogens is 315 g/mol. The van der Waals surface area contributed by atoms with Crippen molar-refractivity contribution in [1.82, 2.24) is 5.32 Å². The topological polar surface area (TPSA) is 84.9 Å². The first-order valence-corrected chi connectivity index (χ1v) is 7.07. The highest BCUT2D eigenvalue weighted by atomic mass is 32.2. The van der Waals surface area contributed by atoms with Crippen LogP contribution in [0.1, 0.15) is 20.8 Å². The molecule has 2 N–H and O–H groups in total. The molecule has 0 aliphatic carbocycles. The normalized spacial score (nSPS) is 13.6. The van der Waals surface area contributed by atoms with Crippen molar-refractivity contribution in [2.45, 2.75) is 38.8 Å². The molecule has 0 aromatic heterocycles. The minimum Gasteiger partial charge on any atom is -0.480 e. The highest BCUT2D eigenvalue weighted by molar-refractivity contribution is 7.99. The van der Waals surface area contributed by atoms with Gasteiger partial charge in [-0.3, -0.25) is 4.74 Å². The van der Waals surface area contributed by atoms with Crippen molar-refractivity contribution in [1.29, 1.82) is 0 Å². The fourth-order valence-electron chi connectivity index (χ4n) is 1.04. The van der Waals surface area contributed by atoms with Crippen LogP contribution in [0.15, 0.2) is 0 Å². The summed E-state index contributed by atoms with van der Waals surface area (Å²) in [4.78, 5) is 22.3. The number of carboxylic acids is 1. The van der Waals surface area contributed by atoms with Crippen molar-refractivity contribution in [2.24, 2.45) is 0 Å². The van der Waals surface area contributed by atoms with E-state index in [2.05, 4.69) is 10.1 Å². The minimum atomic E-state index is -4.71. The van der Waals surface area contributed by atoms with Crippen LogP contribution in [0, 0.1) is 0 Å². The monoisotopic (exact) mass is 333 g/mol. The van der Waals surface area contributed by atoms with Gasteiger partial charge < -0.3 is 15.2 Å². The summed E-state index contributed by atoms with van der Waals surface area (Å²) in [6.45, 7) is 4.26. The molecule has 0 aliphatic heterocycles. The summed E-state index contributed by atoms with van der Waals surface area (Å²) in [5.74, 6) is -1.46. The lowest BCUT2D eigenvalue weighted by Gasteiger charge is -2.21. The Morgan fingerprint density at radius 2 is 1.86 bits per heavy atom. The molecule has 0 heterocycles. The van der Waals surface area contributed by atoms with Gasteiger partial charge in [-0.2, -0.15) is 11.8 Å². The Hall–Kier alpha value is -1.16. The van der Waals surface area contributed by atoms with Crippen LogP contribution in [-0.4, -0.2) is 53.3 Å². The van der Waals surface area contributed by atoms with Gasteiger partial charge in [0.2, 0.25) is 0 Å². The third-order valence-corrected chi connectivity index (χ3v) is 2.79. The summed E-state index contributed by atoms with van der Waals surface area (Å²) in [5, 5.41) is 11.0. The van der Waals surface area contributed by atoms with Gasteiger partial charge in [0, 0.05) is 11.5 Å². The molecule has 0 aliphatic rings. The van der Waals surface area contributed by atoms with E-state index in [-0.39, 0.29) is 11.5 Å². The number of alkyl halides is 3. The lowest BCUT2D eigenvalue weighted by molar-refractivity contribution is -0.322. The average molecular weight is 333 g/mol. The van der Waals surface area contributed by atoms with E-state index in [1.54, 1.807) is 20.8 Å². The lowest BCUT2D eigenvalue weighted by Crippen LogP contribution is -2.45. The summed E-state index contributed by atoms with van der Waals surface area (Å²) in [6, 6.07) is -1.25. The summed E-state index contributed by atoms with van der Waals surface area (Å²) >= 11 is 0.914. The van der Waals surface area contributed by atoms with E-state index in [1.165, 1.54) is 0 Å². The lowest BCUT2D eigenvalue weighted by atomic mass is 10.2. The molecule has 0 saturated carbocycles. The minimum absolute atomic E-state index is 0.0563. The zero-order chi connectivity index (χ0) is 16.7. The number of carbonyl (C=O) groups excluding carboxylic acids is 1. The first kappa shape index (κ1) is 19.8. The second-order valence-electron chi connectivity index (χ2n) is 4.91. The first-order chi connectivity index (χ1) is 9.41. The van der Waals surface area contributed by atoms with Crippen LogP contribution in [0.4, 0.5) is 18.0 Å². The SMILES string of the molecule is CC(C)(C)OC(=O)NC(CSCCOC(F)(F)F)C(=O)O. The number of carboxylic acid groups (broad SMARTS) is 1. The van der Waals surface area contributed by atoms with Crippen molar-refractivity contribution in [3.05, 3.63) is 0 Å². The summed E-state index contributed by atoms with van der Waals surface area (Å²) in [6.07, 6.45) is -5.61. The fourth-order valence-corrected chi connectivity index (χ4v) is 1.87. The van der Waals surface area contributed by atoms with E-state index in [0.717, 1.165) is 11.8 Å². The average Bonchev–Trinajstić information content (AvgIpc) is 2.22. The Kier molecular flexibility index (Phi) is 7.86. The number of aliphatic carboxylic acids is 1. The van der Waals surface area contributed by atoms with Gasteiger partial charge in [-0.15, -0.1) is 13.2 Å². The molecule has 6 nitrogen and oxygen atoms in total. The second-order valence-corrected chi connectivity index (χ2v) is 6.06. The van der Waals surface area contributed by atoms with E-state index in [0.29, 0.717) is 0 Å². The molecule has 10 heteroatoms. The maximum atomic E-state index is 11.7. The maximum Gasteiger partial charge on any atom is 0.522 e. The number of hydrogen-bond donors (Lipinski definition) is 2. The zero-order valence-corrected chi connectivity index (χ0v) is 12.6. The quantitative estimate of drug-likeness (QED) is 0.695. The molecule has 0 radical (unpaired) electrons. The Morgan fingerprint density at radius 3 is 2.29 bits per heavy atom. The molecule has 1 unspecified atom stereocenters. The molecule has 21 heavy (non-hydrogen) atoms. The molecule has 1 atom stereocenters. The highest BCUT2D eigenvalue weighted by Gasteiger charge is 2.29. The first-order valence-electron chi connectivity index (χ1n) is 5.91. The van der Waals surface area contributed by atoms with Gasteiger partial charge in [0.05, 0.1) is 6.61 Å². The predicted molar refractivity (Wildman–Crippen MR) is 70.1 cm³/mol. The van der Waals surface area contributed by atoms with E-state index in [4.69, 9.17) is 9.84 Å². The van der Waals surface area contributed by atoms with E-state index >= 15 is 0 Å². The number of ether oxygens (including phenoxy) is 2. The van der Waals surface area contributed by atoms with Crippen LogP contribution in [-0.2, 0) is 14.3 Å². The van der Waals surface area contributed by atoms with Gasteiger partial charge in [0.1, 0.15) is 11.6 Å². The van der Waals surface area contributed by atoms with Crippen LogP contribution in [0.2, 0.25) is 0 Å². The number of amides is 1. The number of carbonyl (C=O) groups is 2. The Labute approximate surface area is 124 Å². The Balaban J connectivity index is 4.09. The van der Waals surface area contributed by atoms with E-state index < -0.39 is 36.7 Å². The van der Waals surface area contributed by atoms with Crippen LogP contribution in [0.25, 0.3) is 0 Å². The Morgan fingerprint density at radius 1 is 1.29 bits per heavy atom. The standard InChI is InChI=1S/C11H18F3NO5S/c1-10(2,3)20-9(18)15-7(8(16)17)6-21-5-4-19-11(12,13)14/h7H,4-6H2,1-3H3,(H,15,18)(H,16,17). The Bertz CT molecular complexity index is 357. The molecule has 0 bridgehead atoms. The van der Waals surface area contributed by atoms with Gasteiger partial charge >= 0.3 is 18.4 Å². The van der Waals surface area contributed by atoms with Crippen molar-refractivity contribution >= 4 is 23.8 Å². The molecule has 124 valence electrons. The van der Waals surface area contributed by atoms with Crippen LogP contribution in [0.3, 0.4) is 0 Å². The third kappa shape index (κ3) is 12.3. The van der Waals surface area contributed by atoms with Crippen LogP contribution < -0.4 is 5.32 Å². The van der Waals surface area contributed by atoms with Gasteiger partial charge in [0.25, 0.3) is 0 Å². The highest BCUT2D eigenvalue weighted by Crippen LogP contribution is 2.16. The number of halogens is 3. The molecular formula is C11H18F3NO5S. The predicted octanol–water partition coefficient (Wildman–Crippen LogP) is 2.23. The maximum absolute atomic E-state index is 11.7. The van der Waals surface area contributed by atoms with Crippen molar-refractivity contribution < 1.29 is 37.3 Å². The molecule has 0 saturated heterocycles. The number of nitrogens with one attached hydrogen (secondary N) is 1. The van der Waals surface area contributed by atoms with Gasteiger partial charge in [-0.1, -0.05) is 0 Å². The van der Waals surface area contributed by atoms with Crippen molar-refractivity contribution in [2.75, 3.05) is 18.1 Å². The van der Waals surface area contributed by atoms with Crippen molar-refractivity contribution in [3.63, 3.8) is 0 Å². The van der Waals surface area contributed by atoms with Gasteiger partial charge in [-0.25, -0.2) is 9.59 Å². The number of thioether (sulfide) groups is 1. The zero-order valence-electron chi connectivity index (χ0n) is 11.8. The molecule has 0 aromatic carbocycles. The molecule has 0 fully saturated rings. The van der Waals surface area contributed by atoms with Crippen molar-refractivity contribution in [3.8, 4) is 0 Å². The van der Waals surface area contributed by atoms with E-state index in [9.17, 15) is 22.8 Å². The fraction of sp³-hybridized carbons (Fsp3) is 0.818. The smallest absolute Gasteiger partial charge is 0.480 e. The number of alkyl carbamates (subject to hydrolysis) is 1. The van der Waals surface area contributed by atoms with Gasteiger partial charge in [0.15, 0.2) is 0 Å². The summed E-state index contributed by atoms with van der Waals surface area (Å²) < 4.78 is 43.5. The number of hydrogen-bond acceptors (Lipinski definition) is 5. The summed E-state index contributed by atoms with van der Waals surface area (Å²) in [5.41, 5.74) is -0.777. The summed E-state index contributed by atoms with van der Waals surface area (Å²) in [7, 11) is 0. The van der Waals surface area contributed by atoms with E-state index in [1.807, 2.05) is 0 Å². The van der Waals surface area contributed by atoms with Gasteiger partial charge in [-0.05, 0) is 20.8 Å². The molecule has 0 rings (SSSR count). The largest absolute Gasteiger partial charge is 0.522 e.